The first kappa shape index (κ1) is 24.2. The van der Waals surface area contributed by atoms with Crippen LogP contribution in [0.1, 0.15) is 65.2 Å². The van der Waals surface area contributed by atoms with Crippen molar-refractivity contribution in [1.29, 1.82) is 5.26 Å². The molecule has 3 aromatic rings. The number of ether oxygens (including phenoxy) is 1. The zero-order chi connectivity index (χ0) is 25.1. The summed E-state index contributed by atoms with van der Waals surface area (Å²) < 4.78 is 7.58. The molecule has 1 aromatic carbocycles. The van der Waals surface area contributed by atoms with Gasteiger partial charge in [-0.05, 0) is 72.9 Å². The van der Waals surface area contributed by atoms with Crippen LogP contribution < -0.4 is 0 Å². The third-order valence-electron chi connectivity index (χ3n) is 7.72. The molecule has 0 spiro atoms. The van der Waals surface area contributed by atoms with E-state index in [1.54, 1.807) is 12.1 Å². The summed E-state index contributed by atoms with van der Waals surface area (Å²) in [7, 11) is 2.06. The fourth-order valence-corrected chi connectivity index (χ4v) is 5.60. The van der Waals surface area contributed by atoms with E-state index in [0.717, 1.165) is 63.1 Å². The molecule has 2 aromatic heterocycles. The first-order valence-corrected chi connectivity index (χ1v) is 12.8. The van der Waals surface area contributed by atoms with Crippen LogP contribution in [0.5, 0.6) is 0 Å². The standard InChI is InChI=1S/C29H32N4O3/c1-32-19-25(23-5-10-33(11-6-23)29(35)17-20-7-12-36-13-8-20)24-14-21(2-3-27(24)32)16-28(34)26-15-22(18-30)4-9-31-26/h2-4,9,14-15,19-20,23H,5-8,10-13,16-17H2,1H3. The largest absolute Gasteiger partial charge is 0.381 e. The number of benzene rings is 1. The third-order valence-corrected chi connectivity index (χ3v) is 7.72. The molecule has 0 radical (unpaired) electrons. The van der Waals surface area contributed by atoms with Gasteiger partial charge in [-0.15, -0.1) is 0 Å². The fraction of sp³-hybridized carbons (Fsp3) is 0.448. The van der Waals surface area contributed by atoms with Gasteiger partial charge in [0, 0.05) is 69.5 Å². The summed E-state index contributed by atoms with van der Waals surface area (Å²) in [5, 5.41) is 10.3. The number of likely N-dealkylation sites (tertiary alicyclic amines) is 1. The summed E-state index contributed by atoms with van der Waals surface area (Å²) in [6.45, 7) is 3.14. The lowest BCUT2D eigenvalue weighted by molar-refractivity contribution is -0.133. The Kier molecular flexibility index (Phi) is 7.15. The van der Waals surface area contributed by atoms with Gasteiger partial charge in [0.1, 0.15) is 5.69 Å². The number of piperidine rings is 1. The van der Waals surface area contributed by atoms with E-state index in [2.05, 4.69) is 41.0 Å². The number of hydrogen-bond acceptors (Lipinski definition) is 5. The zero-order valence-corrected chi connectivity index (χ0v) is 20.8. The number of ketones is 1. The smallest absolute Gasteiger partial charge is 0.222 e. The maximum Gasteiger partial charge on any atom is 0.222 e. The van der Waals surface area contributed by atoms with Crippen molar-refractivity contribution in [2.24, 2.45) is 13.0 Å². The van der Waals surface area contributed by atoms with Gasteiger partial charge < -0.3 is 14.2 Å². The molecule has 36 heavy (non-hydrogen) atoms. The van der Waals surface area contributed by atoms with Gasteiger partial charge in [-0.2, -0.15) is 5.26 Å². The molecule has 7 heteroatoms. The highest BCUT2D eigenvalue weighted by Crippen LogP contribution is 2.35. The van der Waals surface area contributed by atoms with Crippen LogP contribution >= 0.6 is 0 Å². The van der Waals surface area contributed by atoms with E-state index < -0.39 is 0 Å². The van der Waals surface area contributed by atoms with E-state index in [1.807, 2.05) is 11.0 Å². The highest BCUT2D eigenvalue weighted by molar-refractivity contribution is 5.97. The summed E-state index contributed by atoms with van der Waals surface area (Å²) in [5.74, 6) is 1.04. The molecule has 2 fully saturated rings. The minimum atomic E-state index is -0.0970. The number of nitriles is 1. The SMILES string of the molecule is Cn1cc(C2CCN(C(=O)CC3CCOCC3)CC2)c2cc(CC(=O)c3cc(C#N)ccn3)ccc21. The average molecular weight is 485 g/mol. The Hall–Kier alpha value is -3.50. The quantitative estimate of drug-likeness (QED) is 0.484. The predicted octanol–water partition coefficient (Wildman–Crippen LogP) is 4.39. The van der Waals surface area contributed by atoms with Gasteiger partial charge in [0.2, 0.25) is 5.91 Å². The second-order valence-corrected chi connectivity index (χ2v) is 10.1. The van der Waals surface area contributed by atoms with Gasteiger partial charge in [-0.1, -0.05) is 6.07 Å². The molecule has 0 saturated carbocycles. The molecular formula is C29H32N4O3. The lowest BCUT2D eigenvalue weighted by atomic mass is 9.88. The number of aromatic nitrogens is 2. The first-order chi connectivity index (χ1) is 17.5. The van der Waals surface area contributed by atoms with Crippen LogP contribution in [0.2, 0.25) is 0 Å². The lowest BCUT2D eigenvalue weighted by Crippen LogP contribution is -2.39. The number of fused-ring (bicyclic) bond motifs is 1. The van der Waals surface area contributed by atoms with Crippen molar-refractivity contribution in [3.8, 4) is 6.07 Å². The summed E-state index contributed by atoms with van der Waals surface area (Å²) in [6.07, 6.45) is 8.48. The minimum Gasteiger partial charge on any atom is -0.381 e. The van der Waals surface area contributed by atoms with Crippen LogP contribution in [-0.4, -0.2) is 52.4 Å². The van der Waals surface area contributed by atoms with Crippen LogP contribution in [0.15, 0.2) is 42.7 Å². The van der Waals surface area contributed by atoms with Gasteiger partial charge in [0.25, 0.3) is 0 Å². The molecule has 5 rings (SSSR count). The molecule has 0 bridgehead atoms. The molecule has 0 N–H and O–H groups in total. The molecule has 2 aliphatic rings. The highest BCUT2D eigenvalue weighted by Gasteiger charge is 2.28. The molecule has 4 heterocycles. The molecule has 1 amide bonds. The van der Waals surface area contributed by atoms with Gasteiger partial charge in [0.15, 0.2) is 5.78 Å². The van der Waals surface area contributed by atoms with Crippen molar-refractivity contribution in [3.63, 3.8) is 0 Å². The van der Waals surface area contributed by atoms with Gasteiger partial charge in [-0.3, -0.25) is 14.6 Å². The van der Waals surface area contributed by atoms with E-state index in [-0.39, 0.29) is 18.1 Å². The number of rotatable bonds is 6. The summed E-state index contributed by atoms with van der Waals surface area (Å²) in [6, 6.07) is 11.4. The van der Waals surface area contributed by atoms with Crippen molar-refractivity contribution in [3.05, 3.63) is 65.1 Å². The monoisotopic (exact) mass is 484 g/mol. The molecule has 186 valence electrons. The highest BCUT2D eigenvalue weighted by atomic mass is 16.5. The van der Waals surface area contributed by atoms with E-state index in [9.17, 15) is 9.59 Å². The van der Waals surface area contributed by atoms with Crippen LogP contribution in [0.4, 0.5) is 0 Å². The normalized spacial score (nSPS) is 17.3. The Bertz CT molecular complexity index is 1310. The van der Waals surface area contributed by atoms with Crippen LogP contribution in [0.25, 0.3) is 10.9 Å². The topological polar surface area (TPSA) is 88.2 Å². The Morgan fingerprint density at radius 2 is 1.89 bits per heavy atom. The number of pyridine rings is 1. The molecule has 0 atom stereocenters. The number of carbonyl (C=O) groups excluding carboxylic acids is 2. The van der Waals surface area contributed by atoms with Crippen molar-refractivity contribution in [2.45, 2.75) is 44.4 Å². The van der Waals surface area contributed by atoms with Crippen molar-refractivity contribution in [2.75, 3.05) is 26.3 Å². The molecule has 2 saturated heterocycles. The lowest BCUT2D eigenvalue weighted by Gasteiger charge is -2.33. The maximum atomic E-state index is 12.9. The summed E-state index contributed by atoms with van der Waals surface area (Å²) in [4.78, 5) is 31.9. The van der Waals surface area contributed by atoms with Crippen LogP contribution in [0, 0.1) is 17.2 Å². The second-order valence-electron chi connectivity index (χ2n) is 10.1. The van der Waals surface area contributed by atoms with Gasteiger partial charge in [-0.25, -0.2) is 0 Å². The number of carbonyl (C=O) groups is 2. The van der Waals surface area contributed by atoms with E-state index in [0.29, 0.717) is 29.5 Å². The molecule has 7 nitrogen and oxygen atoms in total. The number of Topliss-reactive ketones (excluding diaryl/α,β-unsaturated/α-hetero) is 1. The second kappa shape index (κ2) is 10.6. The Morgan fingerprint density at radius 1 is 1.11 bits per heavy atom. The Balaban J connectivity index is 1.27. The summed E-state index contributed by atoms with van der Waals surface area (Å²) >= 11 is 0. The van der Waals surface area contributed by atoms with Gasteiger partial charge in [0.05, 0.1) is 11.6 Å². The number of amides is 1. The molecule has 0 unspecified atom stereocenters. The first-order valence-electron chi connectivity index (χ1n) is 12.8. The van der Waals surface area contributed by atoms with Gasteiger partial charge >= 0.3 is 0 Å². The Morgan fingerprint density at radius 3 is 2.64 bits per heavy atom. The predicted molar refractivity (Wildman–Crippen MR) is 137 cm³/mol. The molecular weight excluding hydrogens is 452 g/mol. The van der Waals surface area contributed by atoms with E-state index >= 15 is 0 Å². The van der Waals surface area contributed by atoms with Crippen molar-refractivity contribution < 1.29 is 14.3 Å². The molecule has 2 aliphatic heterocycles. The zero-order valence-electron chi connectivity index (χ0n) is 20.8. The average Bonchev–Trinajstić information content (AvgIpc) is 3.25. The Labute approximate surface area is 211 Å². The molecule has 0 aliphatic carbocycles. The third kappa shape index (κ3) is 5.19. The number of aryl methyl sites for hydroxylation is 1. The number of nitrogens with zero attached hydrogens (tertiary/aromatic N) is 4. The minimum absolute atomic E-state index is 0.0970. The summed E-state index contributed by atoms with van der Waals surface area (Å²) in [5.41, 5.74) is 4.13. The van der Waals surface area contributed by atoms with Crippen LogP contribution in [-0.2, 0) is 23.0 Å². The van der Waals surface area contributed by atoms with E-state index in [1.165, 1.54) is 17.1 Å². The fourth-order valence-electron chi connectivity index (χ4n) is 5.60. The number of hydrogen-bond donors (Lipinski definition) is 0. The van der Waals surface area contributed by atoms with Crippen molar-refractivity contribution >= 4 is 22.6 Å². The van der Waals surface area contributed by atoms with E-state index in [4.69, 9.17) is 10.00 Å². The maximum absolute atomic E-state index is 12.9. The van der Waals surface area contributed by atoms with Crippen molar-refractivity contribution in [1.82, 2.24) is 14.5 Å². The van der Waals surface area contributed by atoms with Crippen LogP contribution in [0.3, 0.4) is 0 Å².